The van der Waals surface area contributed by atoms with Crippen molar-refractivity contribution in [2.24, 2.45) is 7.05 Å². The van der Waals surface area contributed by atoms with Crippen LogP contribution in [0.5, 0.6) is 0 Å². The van der Waals surface area contributed by atoms with Gasteiger partial charge in [-0.1, -0.05) is 35.5 Å². The smallest absolute Gasteiger partial charge is 0.259 e. The predicted molar refractivity (Wildman–Crippen MR) is 103 cm³/mol. The van der Waals surface area contributed by atoms with Crippen molar-refractivity contribution >= 4 is 17.0 Å². The average Bonchev–Trinajstić information content (AvgIpc) is 3.28. The zero-order chi connectivity index (χ0) is 20.5. The van der Waals surface area contributed by atoms with Crippen molar-refractivity contribution in [1.29, 1.82) is 0 Å². The Morgan fingerprint density at radius 2 is 2.03 bits per heavy atom. The van der Waals surface area contributed by atoms with E-state index in [4.69, 9.17) is 4.52 Å². The number of nitrogens with one attached hydrogen (secondary N) is 1. The molecule has 7 nitrogen and oxygen atoms in total. The molecule has 0 saturated carbocycles. The zero-order valence-corrected chi connectivity index (χ0v) is 15.7. The van der Waals surface area contributed by atoms with E-state index in [1.165, 1.54) is 0 Å². The molecule has 1 aromatic carbocycles. The van der Waals surface area contributed by atoms with Crippen LogP contribution in [0.1, 0.15) is 16.1 Å². The first-order valence-electron chi connectivity index (χ1n) is 8.87. The summed E-state index contributed by atoms with van der Waals surface area (Å²) in [7, 11) is 1.77. The monoisotopic (exact) mass is 397 g/mol. The molecule has 1 N–H and O–H groups in total. The summed E-state index contributed by atoms with van der Waals surface area (Å²) in [6.07, 6.45) is -0.897. The van der Waals surface area contributed by atoms with E-state index in [0.717, 1.165) is 5.56 Å². The number of aromatic nitrogens is 4. The Hall–Kier alpha value is -3.62. The van der Waals surface area contributed by atoms with Gasteiger partial charge in [0.15, 0.2) is 0 Å². The van der Waals surface area contributed by atoms with E-state index in [2.05, 4.69) is 20.6 Å². The Morgan fingerprint density at radius 1 is 1.28 bits per heavy atom. The number of aryl methyl sites for hydroxylation is 2. The van der Waals surface area contributed by atoms with Gasteiger partial charge in [-0.05, 0) is 13.0 Å². The van der Waals surface area contributed by atoms with Crippen LogP contribution in [0, 0.1) is 6.92 Å². The maximum Gasteiger partial charge on any atom is 0.259 e. The average molecular weight is 397 g/mol. The normalized spacial score (nSPS) is 11.3. The Balaban J connectivity index is 1.92. The number of amides is 1. The van der Waals surface area contributed by atoms with Crippen molar-refractivity contribution < 1.29 is 18.1 Å². The molecule has 9 heteroatoms. The van der Waals surface area contributed by atoms with Crippen molar-refractivity contribution in [1.82, 2.24) is 25.2 Å². The number of alkyl halides is 2. The molecule has 0 aliphatic rings. The van der Waals surface area contributed by atoms with Crippen molar-refractivity contribution in [3.8, 4) is 22.5 Å². The first-order valence-corrected chi connectivity index (χ1v) is 8.87. The predicted octanol–water partition coefficient (Wildman–Crippen LogP) is 3.59. The van der Waals surface area contributed by atoms with Gasteiger partial charge in [0, 0.05) is 24.4 Å². The molecule has 4 aromatic rings. The van der Waals surface area contributed by atoms with E-state index in [0.29, 0.717) is 28.0 Å². The summed E-state index contributed by atoms with van der Waals surface area (Å²) >= 11 is 0. The number of hydrogen-bond acceptors (Lipinski definition) is 5. The number of pyridine rings is 1. The molecule has 29 heavy (non-hydrogen) atoms. The Bertz CT molecular complexity index is 1180. The van der Waals surface area contributed by atoms with Crippen LogP contribution in [-0.2, 0) is 7.05 Å². The summed E-state index contributed by atoms with van der Waals surface area (Å²) in [6.45, 7) is 1.06. The summed E-state index contributed by atoms with van der Waals surface area (Å²) in [4.78, 5) is 17.2. The number of rotatable bonds is 5. The molecule has 1 amide bonds. The number of halogens is 2. The van der Waals surface area contributed by atoms with Gasteiger partial charge in [0.1, 0.15) is 5.69 Å². The van der Waals surface area contributed by atoms with E-state index in [9.17, 15) is 13.6 Å². The van der Waals surface area contributed by atoms with Crippen LogP contribution in [0.2, 0.25) is 0 Å². The van der Waals surface area contributed by atoms with Crippen LogP contribution >= 0.6 is 0 Å². The van der Waals surface area contributed by atoms with Crippen molar-refractivity contribution in [3.05, 3.63) is 53.9 Å². The van der Waals surface area contributed by atoms with E-state index >= 15 is 0 Å². The van der Waals surface area contributed by atoms with Gasteiger partial charge in [-0.2, -0.15) is 5.10 Å². The number of nitrogens with zero attached hydrogens (tertiary/aromatic N) is 4. The molecule has 0 saturated heterocycles. The minimum atomic E-state index is -2.66. The fourth-order valence-electron chi connectivity index (χ4n) is 3.18. The van der Waals surface area contributed by atoms with Crippen LogP contribution in [0.15, 0.2) is 47.1 Å². The molecule has 0 unspecified atom stereocenters. The third-order valence-corrected chi connectivity index (χ3v) is 4.44. The zero-order valence-electron chi connectivity index (χ0n) is 15.7. The Morgan fingerprint density at radius 3 is 2.69 bits per heavy atom. The van der Waals surface area contributed by atoms with Gasteiger partial charge in [0.05, 0.1) is 28.9 Å². The van der Waals surface area contributed by atoms with E-state index in [-0.39, 0.29) is 11.3 Å². The second-order valence-corrected chi connectivity index (χ2v) is 6.54. The maximum atomic E-state index is 12.8. The highest BCUT2D eigenvalue weighted by Crippen LogP contribution is 2.33. The largest absolute Gasteiger partial charge is 0.346 e. The molecule has 3 heterocycles. The quantitative estimate of drug-likeness (QED) is 0.556. The lowest BCUT2D eigenvalue weighted by atomic mass is 10.0. The number of hydrogen-bond donors (Lipinski definition) is 1. The van der Waals surface area contributed by atoms with E-state index in [1.807, 2.05) is 37.3 Å². The van der Waals surface area contributed by atoms with Gasteiger partial charge in [0.25, 0.3) is 18.0 Å². The topological polar surface area (TPSA) is 85.8 Å². The molecule has 4 rings (SSSR count). The van der Waals surface area contributed by atoms with Crippen molar-refractivity contribution in [2.75, 3.05) is 6.54 Å². The minimum absolute atomic E-state index is 0.145. The van der Waals surface area contributed by atoms with Crippen LogP contribution in [0.25, 0.3) is 33.6 Å². The Labute approximate surface area is 164 Å². The van der Waals surface area contributed by atoms with Gasteiger partial charge in [-0.15, -0.1) is 0 Å². The fourth-order valence-corrected chi connectivity index (χ4v) is 3.18. The summed E-state index contributed by atoms with van der Waals surface area (Å²) in [5, 5.41) is 11.0. The molecule has 0 atom stereocenters. The first kappa shape index (κ1) is 18.7. The van der Waals surface area contributed by atoms with E-state index < -0.39 is 18.9 Å². The third-order valence-electron chi connectivity index (χ3n) is 4.44. The number of carbonyl (C=O) groups excluding carboxylic acids is 1. The van der Waals surface area contributed by atoms with Gasteiger partial charge in [-0.25, -0.2) is 13.8 Å². The number of fused-ring (bicyclic) bond motifs is 1. The molecule has 148 valence electrons. The summed E-state index contributed by atoms with van der Waals surface area (Å²) < 4.78 is 32.3. The lowest BCUT2D eigenvalue weighted by Crippen LogP contribution is -2.28. The second kappa shape index (κ2) is 7.42. The number of benzene rings is 1. The highest BCUT2D eigenvalue weighted by atomic mass is 19.3. The molecule has 0 radical (unpaired) electrons. The highest BCUT2D eigenvalue weighted by Gasteiger charge is 2.23. The summed E-state index contributed by atoms with van der Waals surface area (Å²) in [5.41, 5.74) is 3.31. The molecule has 0 spiro atoms. The number of carbonyl (C=O) groups is 1. The van der Waals surface area contributed by atoms with Gasteiger partial charge in [-0.3, -0.25) is 9.48 Å². The molecular weight excluding hydrogens is 380 g/mol. The van der Waals surface area contributed by atoms with Gasteiger partial charge in [0.2, 0.25) is 0 Å². The second-order valence-electron chi connectivity index (χ2n) is 6.54. The molecular formula is C20H17F2N5O2. The SMILES string of the molecule is Cc1nn(C)cc1-c1cc(C(=O)NCC(F)F)c2c(-c3ccccc3)noc2n1. The van der Waals surface area contributed by atoms with Crippen molar-refractivity contribution in [3.63, 3.8) is 0 Å². The fraction of sp³-hybridized carbons (Fsp3) is 0.200. The van der Waals surface area contributed by atoms with Gasteiger partial charge >= 0.3 is 0 Å². The first-order chi connectivity index (χ1) is 13.9. The third kappa shape index (κ3) is 3.58. The maximum absolute atomic E-state index is 12.8. The summed E-state index contributed by atoms with van der Waals surface area (Å²) in [6, 6.07) is 10.7. The Kier molecular flexibility index (Phi) is 4.79. The molecule has 0 aliphatic heterocycles. The van der Waals surface area contributed by atoms with Gasteiger partial charge < -0.3 is 9.84 Å². The van der Waals surface area contributed by atoms with Crippen molar-refractivity contribution in [2.45, 2.75) is 13.3 Å². The lowest BCUT2D eigenvalue weighted by molar-refractivity contribution is 0.0893. The van der Waals surface area contributed by atoms with Crippen LogP contribution in [0.3, 0.4) is 0 Å². The molecule has 0 bridgehead atoms. The van der Waals surface area contributed by atoms with E-state index in [1.54, 1.807) is 24.0 Å². The van der Waals surface area contributed by atoms with Crippen LogP contribution in [-0.4, -0.2) is 38.8 Å². The lowest BCUT2D eigenvalue weighted by Gasteiger charge is -2.08. The highest BCUT2D eigenvalue weighted by molar-refractivity contribution is 6.10. The molecule has 0 fully saturated rings. The standard InChI is InChI=1S/C20H17F2N5O2/c1-11-14(10-27(2)25-11)15-8-13(19(28)23-9-16(21)22)17-18(26-29-20(17)24-15)12-6-4-3-5-7-12/h3-8,10,16H,9H2,1-2H3,(H,23,28). The van der Waals surface area contributed by atoms with Crippen LogP contribution in [0.4, 0.5) is 8.78 Å². The molecule has 0 aliphatic carbocycles. The molecule has 3 aromatic heterocycles. The van der Waals surface area contributed by atoms with Crippen LogP contribution < -0.4 is 5.32 Å². The minimum Gasteiger partial charge on any atom is -0.346 e. The summed E-state index contributed by atoms with van der Waals surface area (Å²) in [5.74, 6) is -0.652.